The van der Waals surface area contributed by atoms with Crippen LogP contribution in [-0.2, 0) is 10.0 Å². The summed E-state index contributed by atoms with van der Waals surface area (Å²) in [7, 11) is -3.57. The van der Waals surface area contributed by atoms with Crippen molar-refractivity contribution < 1.29 is 8.42 Å². The third-order valence-electron chi connectivity index (χ3n) is 6.51. The van der Waals surface area contributed by atoms with E-state index in [4.69, 9.17) is 0 Å². The van der Waals surface area contributed by atoms with E-state index >= 15 is 0 Å². The number of sulfonamides is 1. The molecular weight excluding hydrogens is 428 g/mol. The van der Waals surface area contributed by atoms with E-state index in [1.165, 1.54) is 16.7 Å². The van der Waals surface area contributed by atoms with Gasteiger partial charge in [-0.1, -0.05) is 96.6 Å². The Labute approximate surface area is 196 Å². The lowest BCUT2D eigenvalue weighted by Gasteiger charge is -2.39. The number of rotatable bonds is 5. The van der Waals surface area contributed by atoms with Crippen LogP contribution in [0.5, 0.6) is 0 Å². The van der Waals surface area contributed by atoms with Gasteiger partial charge in [0, 0.05) is 31.6 Å². The van der Waals surface area contributed by atoms with Gasteiger partial charge < -0.3 is 0 Å². The lowest BCUT2D eigenvalue weighted by atomic mass is 9.96. The fourth-order valence-electron chi connectivity index (χ4n) is 4.76. The molecule has 0 aromatic heterocycles. The van der Waals surface area contributed by atoms with Gasteiger partial charge in [-0.25, -0.2) is 8.42 Å². The molecule has 5 rings (SSSR count). The van der Waals surface area contributed by atoms with Crippen molar-refractivity contribution in [2.24, 2.45) is 0 Å². The number of nitrogens with zero attached hydrogens (tertiary/aromatic N) is 2. The van der Waals surface area contributed by atoms with Crippen LogP contribution < -0.4 is 0 Å². The molecule has 4 aromatic rings. The molecule has 33 heavy (non-hydrogen) atoms. The Morgan fingerprint density at radius 2 is 1.27 bits per heavy atom. The summed E-state index contributed by atoms with van der Waals surface area (Å²) in [5.41, 5.74) is 3.69. The summed E-state index contributed by atoms with van der Waals surface area (Å²) in [6.45, 7) is 4.40. The highest BCUT2D eigenvalue weighted by Gasteiger charge is 2.32. The first kappa shape index (κ1) is 21.8. The first-order chi connectivity index (χ1) is 16.0. The van der Waals surface area contributed by atoms with Crippen LogP contribution in [0.4, 0.5) is 0 Å². The number of hydrogen-bond acceptors (Lipinski definition) is 3. The molecule has 0 N–H and O–H groups in total. The average Bonchev–Trinajstić information content (AvgIpc) is 2.86. The number of fused-ring (bicyclic) bond motifs is 1. The van der Waals surface area contributed by atoms with Crippen LogP contribution in [0, 0.1) is 6.92 Å². The van der Waals surface area contributed by atoms with E-state index < -0.39 is 10.0 Å². The SMILES string of the molecule is Cc1ccc([C@@H](c2ccccc2)N2CCN(S(=O)(=O)c3cccc4ccccc34)CC2)cc1. The lowest BCUT2D eigenvalue weighted by Crippen LogP contribution is -2.49. The van der Waals surface area contributed by atoms with E-state index in [2.05, 4.69) is 60.4 Å². The van der Waals surface area contributed by atoms with E-state index in [0.29, 0.717) is 31.1 Å². The largest absolute Gasteiger partial charge is 0.290 e. The van der Waals surface area contributed by atoms with E-state index in [0.717, 1.165) is 10.8 Å². The highest BCUT2D eigenvalue weighted by atomic mass is 32.2. The predicted octanol–water partition coefficient (Wildman–Crippen LogP) is 5.24. The quantitative estimate of drug-likeness (QED) is 0.412. The maximum Gasteiger partial charge on any atom is 0.243 e. The minimum Gasteiger partial charge on any atom is -0.290 e. The zero-order chi connectivity index (χ0) is 22.8. The first-order valence-corrected chi connectivity index (χ1v) is 12.8. The molecule has 4 nitrogen and oxygen atoms in total. The number of aryl methyl sites for hydroxylation is 1. The van der Waals surface area contributed by atoms with Crippen LogP contribution in [0.1, 0.15) is 22.7 Å². The van der Waals surface area contributed by atoms with Crippen LogP contribution in [-0.4, -0.2) is 43.8 Å². The zero-order valence-electron chi connectivity index (χ0n) is 18.8. The van der Waals surface area contributed by atoms with Gasteiger partial charge in [0.2, 0.25) is 10.0 Å². The third kappa shape index (κ3) is 4.32. The molecule has 0 aliphatic carbocycles. The van der Waals surface area contributed by atoms with Gasteiger partial charge in [0.25, 0.3) is 0 Å². The summed E-state index contributed by atoms with van der Waals surface area (Å²) in [6.07, 6.45) is 0. The first-order valence-electron chi connectivity index (χ1n) is 11.4. The molecule has 0 bridgehead atoms. The monoisotopic (exact) mass is 456 g/mol. The summed E-state index contributed by atoms with van der Waals surface area (Å²) in [6, 6.07) is 32.4. The summed E-state index contributed by atoms with van der Waals surface area (Å²) >= 11 is 0. The Morgan fingerprint density at radius 3 is 2.00 bits per heavy atom. The summed E-state index contributed by atoms with van der Waals surface area (Å²) in [5.74, 6) is 0. The Bertz CT molecular complexity index is 1340. The molecule has 5 heteroatoms. The smallest absolute Gasteiger partial charge is 0.243 e. The van der Waals surface area contributed by atoms with Crippen LogP contribution in [0.2, 0.25) is 0 Å². The molecule has 1 aliphatic rings. The second kappa shape index (κ2) is 9.10. The van der Waals surface area contributed by atoms with Gasteiger partial charge in [0.15, 0.2) is 0 Å². The highest BCUT2D eigenvalue weighted by molar-refractivity contribution is 7.89. The Hall–Kier alpha value is -2.99. The molecular formula is C28H28N2O2S. The molecule has 0 amide bonds. The molecule has 0 saturated carbocycles. The van der Waals surface area contributed by atoms with Gasteiger partial charge in [-0.05, 0) is 29.5 Å². The van der Waals surface area contributed by atoms with Gasteiger partial charge >= 0.3 is 0 Å². The lowest BCUT2D eigenvalue weighted by molar-refractivity contribution is 0.156. The van der Waals surface area contributed by atoms with Crippen molar-refractivity contribution in [1.29, 1.82) is 0 Å². The normalized spacial score (nSPS) is 16.6. The van der Waals surface area contributed by atoms with Crippen molar-refractivity contribution in [3.63, 3.8) is 0 Å². The maximum atomic E-state index is 13.6. The molecule has 4 aromatic carbocycles. The number of piperazine rings is 1. The molecule has 0 unspecified atom stereocenters. The minimum absolute atomic E-state index is 0.106. The van der Waals surface area contributed by atoms with E-state index in [1.54, 1.807) is 10.4 Å². The second-order valence-corrected chi connectivity index (χ2v) is 10.5. The Kier molecular flexibility index (Phi) is 6.02. The summed E-state index contributed by atoms with van der Waals surface area (Å²) in [4.78, 5) is 2.79. The standard InChI is InChI=1S/C28H28N2O2S/c1-22-14-16-25(17-15-22)28(24-9-3-2-4-10-24)29-18-20-30(21-19-29)33(31,32)27-13-7-11-23-8-5-6-12-26(23)27/h2-17,28H,18-21H2,1H3/t28-/m1/s1. The summed E-state index contributed by atoms with van der Waals surface area (Å²) in [5, 5.41) is 1.73. The van der Waals surface area contributed by atoms with Crippen molar-refractivity contribution in [2.75, 3.05) is 26.2 Å². The average molecular weight is 457 g/mol. The Balaban J connectivity index is 1.41. The van der Waals surface area contributed by atoms with Gasteiger partial charge in [0.05, 0.1) is 10.9 Å². The van der Waals surface area contributed by atoms with Crippen LogP contribution >= 0.6 is 0 Å². The molecule has 1 heterocycles. The van der Waals surface area contributed by atoms with Crippen LogP contribution in [0.15, 0.2) is 102 Å². The molecule has 0 spiro atoms. The molecule has 1 atom stereocenters. The topological polar surface area (TPSA) is 40.6 Å². The molecule has 168 valence electrons. The van der Waals surface area contributed by atoms with E-state index in [-0.39, 0.29) is 6.04 Å². The van der Waals surface area contributed by atoms with Crippen molar-refractivity contribution in [3.8, 4) is 0 Å². The van der Waals surface area contributed by atoms with Crippen LogP contribution in [0.3, 0.4) is 0 Å². The number of benzene rings is 4. The van der Waals surface area contributed by atoms with Gasteiger partial charge in [-0.15, -0.1) is 0 Å². The van der Waals surface area contributed by atoms with Gasteiger partial charge in [0.1, 0.15) is 0 Å². The number of hydrogen-bond donors (Lipinski definition) is 0. The van der Waals surface area contributed by atoms with E-state index in [9.17, 15) is 8.42 Å². The van der Waals surface area contributed by atoms with Crippen molar-refractivity contribution >= 4 is 20.8 Å². The third-order valence-corrected chi connectivity index (χ3v) is 8.47. The van der Waals surface area contributed by atoms with Crippen molar-refractivity contribution in [3.05, 3.63) is 114 Å². The maximum absolute atomic E-state index is 13.6. The minimum atomic E-state index is -3.57. The molecule has 1 aliphatic heterocycles. The molecule has 1 saturated heterocycles. The molecule has 1 fully saturated rings. The van der Waals surface area contributed by atoms with Crippen LogP contribution in [0.25, 0.3) is 10.8 Å². The molecule has 0 radical (unpaired) electrons. The Morgan fingerprint density at radius 1 is 0.667 bits per heavy atom. The van der Waals surface area contributed by atoms with Gasteiger partial charge in [-0.3, -0.25) is 4.90 Å². The second-order valence-electron chi connectivity index (χ2n) is 8.64. The van der Waals surface area contributed by atoms with E-state index in [1.807, 2.05) is 42.5 Å². The van der Waals surface area contributed by atoms with Crippen molar-refractivity contribution in [1.82, 2.24) is 9.21 Å². The zero-order valence-corrected chi connectivity index (χ0v) is 19.6. The van der Waals surface area contributed by atoms with Gasteiger partial charge in [-0.2, -0.15) is 4.31 Å². The predicted molar refractivity (Wildman–Crippen MR) is 134 cm³/mol. The highest BCUT2D eigenvalue weighted by Crippen LogP contribution is 2.32. The summed E-state index contributed by atoms with van der Waals surface area (Å²) < 4.78 is 28.8. The fraction of sp³-hybridized carbons (Fsp3) is 0.214. The fourth-order valence-corrected chi connectivity index (χ4v) is 6.40. The van der Waals surface area contributed by atoms with Crippen molar-refractivity contribution in [2.45, 2.75) is 17.9 Å².